The van der Waals surface area contributed by atoms with E-state index in [1.54, 1.807) is 7.11 Å². The van der Waals surface area contributed by atoms with Gasteiger partial charge >= 0.3 is 0 Å². The number of hydrogen-bond donors (Lipinski definition) is 1. The van der Waals surface area contributed by atoms with E-state index in [1.807, 2.05) is 45.0 Å². The van der Waals surface area contributed by atoms with E-state index in [4.69, 9.17) is 14.9 Å². The molecule has 0 aliphatic carbocycles. The topological polar surface area (TPSA) is 48.4 Å². The molecule has 0 saturated carbocycles. The van der Waals surface area contributed by atoms with Crippen molar-refractivity contribution < 1.29 is 9.15 Å². The minimum Gasteiger partial charge on any atom is -0.496 e. The Morgan fingerprint density at radius 3 is 2.17 bits per heavy atom. The van der Waals surface area contributed by atoms with E-state index in [2.05, 4.69) is 0 Å². The van der Waals surface area contributed by atoms with Gasteiger partial charge in [-0.05, 0) is 49.6 Å². The van der Waals surface area contributed by atoms with Crippen LogP contribution in [0.25, 0.3) is 0 Å². The summed E-state index contributed by atoms with van der Waals surface area (Å²) in [5.41, 5.74) is 9.44. The fourth-order valence-electron chi connectivity index (χ4n) is 2.27. The number of furan rings is 1. The molecule has 0 fully saturated rings. The first-order chi connectivity index (χ1) is 8.52. The fraction of sp³-hybridized carbons (Fsp3) is 0.333. The molecule has 1 aromatic carbocycles. The summed E-state index contributed by atoms with van der Waals surface area (Å²) in [4.78, 5) is 0. The van der Waals surface area contributed by atoms with Gasteiger partial charge in [0, 0.05) is 0 Å². The van der Waals surface area contributed by atoms with Gasteiger partial charge in [0.1, 0.15) is 17.3 Å². The summed E-state index contributed by atoms with van der Waals surface area (Å²) < 4.78 is 10.9. The molecule has 0 amide bonds. The number of benzene rings is 1. The number of methoxy groups -OCH3 is 1. The van der Waals surface area contributed by atoms with Crippen LogP contribution in [0.3, 0.4) is 0 Å². The third kappa shape index (κ3) is 2.27. The second-order valence-electron chi connectivity index (χ2n) is 4.61. The van der Waals surface area contributed by atoms with Crippen LogP contribution in [0.15, 0.2) is 28.7 Å². The zero-order valence-electron chi connectivity index (χ0n) is 11.3. The molecule has 0 aliphatic heterocycles. The number of nitrogens with two attached hydrogens (primary N) is 1. The zero-order valence-corrected chi connectivity index (χ0v) is 11.3. The highest BCUT2D eigenvalue weighted by Gasteiger charge is 2.15. The molecule has 0 spiro atoms. The summed E-state index contributed by atoms with van der Waals surface area (Å²) in [5, 5.41) is 0. The molecule has 96 valence electrons. The standard InChI is InChI=1S/C15H19NO2/c1-9-7-12(8-10(2)15(9)17-4)14(16)13-6-5-11(3)18-13/h5-8,14H,16H2,1-4H3. The van der Waals surface area contributed by atoms with E-state index in [1.165, 1.54) is 0 Å². The number of aryl methyl sites for hydroxylation is 3. The van der Waals surface area contributed by atoms with Crippen molar-refractivity contribution in [2.24, 2.45) is 5.73 Å². The normalized spacial score (nSPS) is 12.5. The van der Waals surface area contributed by atoms with E-state index >= 15 is 0 Å². The smallest absolute Gasteiger partial charge is 0.125 e. The highest BCUT2D eigenvalue weighted by molar-refractivity contribution is 5.45. The van der Waals surface area contributed by atoms with Gasteiger partial charge in [-0.2, -0.15) is 0 Å². The van der Waals surface area contributed by atoms with E-state index < -0.39 is 0 Å². The Balaban J connectivity index is 2.40. The van der Waals surface area contributed by atoms with Crippen molar-refractivity contribution in [2.75, 3.05) is 7.11 Å². The van der Waals surface area contributed by atoms with Gasteiger partial charge in [0.25, 0.3) is 0 Å². The van der Waals surface area contributed by atoms with E-state index in [0.29, 0.717) is 0 Å². The first kappa shape index (κ1) is 12.7. The molecule has 0 saturated heterocycles. The van der Waals surface area contributed by atoms with E-state index in [0.717, 1.165) is 34.0 Å². The van der Waals surface area contributed by atoms with Gasteiger partial charge in [-0.15, -0.1) is 0 Å². The summed E-state index contributed by atoms with van der Waals surface area (Å²) in [7, 11) is 1.69. The number of rotatable bonds is 3. The van der Waals surface area contributed by atoms with Gasteiger partial charge in [-0.1, -0.05) is 12.1 Å². The van der Waals surface area contributed by atoms with Crippen LogP contribution in [0.4, 0.5) is 0 Å². The van der Waals surface area contributed by atoms with Crippen molar-refractivity contribution in [2.45, 2.75) is 26.8 Å². The van der Waals surface area contributed by atoms with Crippen LogP contribution in [-0.2, 0) is 0 Å². The van der Waals surface area contributed by atoms with Crippen LogP contribution in [0.5, 0.6) is 5.75 Å². The second-order valence-corrected chi connectivity index (χ2v) is 4.61. The second kappa shape index (κ2) is 4.86. The van der Waals surface area contributed by atoms with Crippen molar-refractivity contribution in [1.82, 2.24) is 0 Å². The Morgan fingerprint density at radius 1 is 1.11 bits per heavy atom. The number of hydrogen-bond acceptors (Lipinski definition) is 3. The van der Waals surface area contributed by atoms with Gasteiger partial charge in [0.2, 0.25) is 0 Å². The van der Waals surface area contributed by atoms with Crippen LogP contribution in [0, 0.1) is 20.8 Å². The molecule has 3 nitrogen and oxygen atoms in total. The maximum atomic E-state index is 6.22. The quantitative estimate of drug-likeness (QED) is 0.902. The van der Waals surface area contributed by atoms with E-state index in [-0.39, 0.29) is 6.04 Å². The minimum absolute atomic E-state index is 0.234. The Kier molecular flexibility index (Phi) is 3.43. The summed E-state index contributed by atoms with van der Waals surface area (Å²) >= 11 is 0. The van der Waals surface area contributed by atoms with E-state index in [9.17, 15) is 0 Å². The molecule has 2 rings (SSSR count). The van der Waals surface area contributed by atoms with Gasteiger partial charge in [0.05, 0.1) is 13.2 Å². The zero-order chi connectivity index (χ0) is 13.3. The largest absolute Gasteiger partial charge is 0.496 e. The lowest BCUT2D eigenvalue weighted by Gasteiger charge is -2.15. The highest BCUT2D eigenvalue weighted by Crippen LogP contribution is 2.29. The summed E-state index contributed by atoms with van der Waals surface area (Å²) in [6, 6.07) is 7.72. The molecular weight excluding hydrogens is 226 g/mol. The monoisotopic (exact) mass is 245 g/mol. The molecular formula is C15H19NO2. The van der Waals surface area contributed by atoms with Gasteiger partial charge in [-0.3, -0.25) is 0 Å². The predicted octanol–water partition coefficient (Wildman–Crippen LogP) is 3.26. The van der Waals surface area contributed by atoms with Crippen LogP contribution in [-0.4, -0.2) is 7.11 Å². The van der Waals surface area contributed by atoms with Gasteiger partial charge in [0.15, 0.2) is 0 Å². The molecule has 0 bridgehead atoms. The third-order valence-corrected chi connectivity index (χ3v) is 3.11. The number of ether oxygens (including phenoxy) is 1. The first-order valence-electron chi connectivity index (χ1n) is 6.00. The Bertz CT molecular complexity index is 534. The fourth-order valence-corrected chi connectivity index (χ4v) is 2.27. The third-order valence-electron chi connectivity index (χ3n) is 3.11. The molecule has 2 aromatic rings. The van der Waals surface area contributed by atoms with Crippen LogP contribution in [0.1, 0.15) is 34.3 Å². The Hall–Kier alpha value is -1.74. The molecule has 0 aliphatic rings. The molecule has 1 heterocycles. The lowest BCUT2D eigenvalue weighted by Crippen LogP contribution is -2.11. The highest BCUT2D eigenvalue weighted by atomic mass is 16.5. The Labute approximate surface area is 108 Å². The SMILES string of the molecule is COc1c(C)cc(C(N)c2ccc(C)o2)cc1C. The molecule has 0 radical (unpaired) electrons. The summed E-state index contributed by atoms with van der Waals surface area (Å²) in [6.07, 6.45) is 0. The van der Waals surface area contributed by atoms with Crippen molar-refractivity contribution in [3.8, 4) is 5.75 Å². The maximum absolute atomic E-state index is 6.22. The maximum Gasteiger partial charge on any atom is 0.125 e. The van der Waals surface area contributed by atoms with Crippen molar-refractivity contribution in [3.63, 3.8) is 0 Å². The van der Waals surface area contributed by atoms with Gasteiger partial charge in [-0.25, -0.2) is 0 Å². The lowest BCUT2D eigenvalue weighted by atomic mass is 9.99. The van der Waals surface area contributed by atoms with Crippen molar-refractivity contribution >= 4 is 0 Å². The average Bonchev–Trinajstić information content (AvgIpc) is 2.74. The predicted molar refractivity (Wildman–Crippen MR) is 71.9 cm³/mol. The van der Waals surface area contributed by atoms with Crippen LogP contribution < -0.4 is 10.5 Å². The van der Waals surface area contributed by atoms with Crippen LogP contribution >= 0.6 is 0 Å². The molecule has 2 N–H and O–H groups in total. The van der Waals surface area contributed by atoms with Gasteiger partial charge < -0.3 is 14.9 Å². The molecule has 3 heteroatoms. The minimum atomic E-state index is -0.234. The molecule has 1 aromatic heterocycles. The Morgan fingerprint density at radius 2 is 1.72 bits per heavy atom. The molecule has 1 atom stereocenters. The summed E-state index contributed by atoms with van der Waals surface area (Å²) in [5.74, 6) is 2.58. The van der Waals surface area contributed by atoms with Crippen molar-refractivity contribution in [1.29, 1.82) is 0 Å². The van der Waals surface area contributed by atoms with Crippen molar-refractivity contribution in [3.05, 3.63) is 52.5 Å². The van der Waals surface area contributed by atoms with Crippen LogP contribution in [0.2, 0.25) is 0 Å². The summed E-state index contributed by atoms with van der Waals surface area (Å²) in [6.45, 7) is 5.96. The molecule has 1 unspecified atom stereocenters. The lowest BCUT2D eigenvalue weighted by molar-refractivity contribution is 0.408. The first-order valence-corrected chi connectivity index (χ1v) is 6.00. The molecule has 18 heavy (non-hydrogen) atoms. The average molecular weight is 245 g/mol.